The molecular weight excluding hydrogens is 364 g/mol. The molecule has 0 aliphatic rings. The fourth-order valence-electron chi connectivity index (χ4n) is 4.15. The van der Waals surface area contributed by atoms with E-state index in [0.29, 0.717) is 0 Å². The molecule has 2 heterocycles. The van der Waals surface area contributed by atoms with Crippen molar-refractivity contribution in [2.75, 3.05) is 0 Å². The smallest absolute Gasteiger partial charge is 0.0888 e. The molecular formula is C28H44N2. The summed E-state index contributed by atoms with van der Waals surface area (Å²) in [4.78, 5) is 8.97. The van der Waals surface area contributed by atoms with Crippen molar-refractivity contribution in [1.82, 2.24) is 9.97 Å². The molecule has 0 spiro atoms. The van der Waals surface area contributed by atoms with Crippen LogP contribution in [0.3, 0.4) is 0 Å². The van der Waals surface area contributed by atoms with Crippen molar-refractivity contribution >= 4 is 0 Å². The van der Waals surface area contributed by atoms with Gasteiger partial charge in [-0.05, 0) is 55.2 Å². The van der Waals surface area contributed by atoms with Crippen LogP contribution < -0.4 is 0 Å². The molecule has 0 N–H and O–H groups in total. The number of unbranched alkanes of at least 4 members (excludes halogenated alkanes) is 14. The maximum absolute atomic E-state index is 4.51. The van der Waals surface area contributed by atoms with Crippen molar-refractivity contribution in [3.63, 3.8) is 0 Å². The Kier molecular flexibility index (Phi) is 13.1. The lowest BCUT2D eigenvalue weighted by Gasteiger charge is -2.06. The van der Waals surface area contributed by atoms with Crippen LogP contribution >= 0.6 is 0 Å². The number of pyridine rings is 2. The average Bonchev–Trinajstić information content (AvgIpc) is 2.76. The summed E-state index contributed by atoms with van der Waals surface area (Å²) in [6.07, 6.45) is 26.2. The van der Waals surface area contributed by atoms with Crippen molar-refractivity contribution in [3.05, 3.63) is 47.8 Å². The molecule has 2 rings (SSSR count). The van der Waals surface area contributed by atoms with Crippen LogP contribution in [0.1, 0.15) is 114 Å². The lowest BCUT2D eigenvalue weighted by molar-refractivity contribution is 0.532. The number of hydrogen-bond acceptors (Lipinski definition) is 2. The molecule has 0 radical (unpaired) electrons. The minimum absolute atomic E-state index is 0.980. The largest absolute Gasteiger partial charge is 0.255 e. The van der Waals surface area contributed by atoms with Gasteiger partial charge in [0.1, 0.15) is 0 Å². The van der Waals surface area contributed by atoms with Gasteiger partial charge < -0.3 is 0 Å². The summed E-state index contributed by atoms with van der Waals surface area (Å²) in [6.45, 7) is 4.39. The summed E-state index contributed by atoms with van der Waals surface area (Å²) in [5.74, 6) is 0. The maximum atomic E-state index is 4.51. The predicted molar refractivity (Wildman–Crippen MR) is 131 cm³/mol. The van der Waals surface area contributed by atoms with Gasteiger partial charge >= 0.3 is 0 Å². The Labute approximate surface area is 185 Å². The molecule has 0 saturated heterocycles. The molecule has 0 unspecified atom stereocenters. The average molecular weight is 409 g/mol. The molecule has 0 aliphatic heterocycles. The van der Waals surface area contributed by atoms with E-state index in [9.17, 15) is 0 Å². The highest BCUT2D eigenvalue weighted by Gasteiger charge is 2.03. The lowest BCUT2D eigenvalue weighted by Crippen LogP contribution is -1.92. The van der Waals surface area contributed by atoms with Gasteiger partial charge in [0.15, 0.2) is 0 Å². The van der Waals surface area contributed by atoms with Crippen molar-refractivity contribution in [2.45, 2.75) is 117 Å². The summed E-state index contributed by atoms with van der Waals surface area (Å²) in [6, 6.07) is 8.51. The van der Waals surface area contributed by atoms with Crippen LogP contribution in [-0.2, 0) is 6.42 Å². The molecule has 0 atom stereocenters. The summed E-state index contributed by atoms with van der Waals surface area (Å²) in [7, 11) is 0. The molecule has 30 heavy (non-hydrogen) atoms. The van der Waals surface area contributed by atoms with Gasteiger partial charge in [-0.2, -0.15) is 0 Å². The van der Waals surface area contributed by atoms with E-state index in [1.165, 1.54) is 107 Å². The summed E-state index contributed by atoms with van der Waals surface area (Å²) in [5, 5.41) is 0. The fraction of sp³-hybridized carbons (Fsp3) is 0.643. The quantitative estimate of drug-likeness (QED) is 0.244. The number of aromatic nitrogens is 2. The number of nitrogens with zero attached hydrogens (tertiary/aromatic N) is 2. The molecule has 0 saturated carbocycles. The van der Waals surface area contributed by atoms with E-state index in [1.54, 1.807) is 0 Å². The minimum Gasteiger partial charge on any atom is -0.255 e. The molecule has 2 aromatic heterocycles. The Balaban J connectivity index is 1.45. The Bertz CT molecular complexity index is 680. The molecule has 0 bridgehead atoms. The van der Waals surface area contributed by atoms with Crippen LogP contribution in [0.25, 0.3) is 11.4 Å². The SMILES string of the molecule is CCCCCCCCCCCCCCCCCc1ccnc(-c2cc(C)ccn2)c1. The van der Waals surface area contributed by atoms with E-state index in [2.05, 4.69) is 42.0 Å². The minimum atomic E-state index is 0.980. The highest BCUT2D eigenvalue weighted by molar-refractivity contribution is 5.55. The molecule has 0 aromatic carbocycles. The Morgan fingerprint density at radius 3 is 1.57 bits per heavy atom. The molecule has 0 aliphatic carbocycles. The third-order valence-corrected chi connectivity index (χ3v) is 6.07. The Hall–Kier alpha value is -1.70. The third-order valence-electron chi connectivity index (χ3n) is 6.07. The maximum Gasteiger partial charge on any atom is 0.0888 e. The van der Waals surface area contributed by atoms with Crippen molar-refractivity contribution in [1.29, 1.82) is 0 Å². The Morgan fingerprint density at radius 2 is 1.03 bits per heavy atom. The first kappa shape index (κ1) is 24.6. The zero-order chi connectivity index (χ0) is 21.3. The molecule has 166 valence electrons. The van der Waals surface area contributed by atoms with Gasteiger partial charge in [-0.15, -0.1) is 0 Å². The van der Waals surface area contributed by atoms with E-state index in [0.717, 1.165) is 17.8 Å². The van der Waals surface area contributed by atoms with Gasteiger partial charge in [0.25, 0.3) is 0 Å². The number of aryl methyl sites for hydroxylation is 2. The van der Waals surface area contributed by atoms with E-state index in [-0.39, 0.29) is 0 Å². The van der Waals surface area contributed by atoms with Crippen LogP contribution in [0.2, 0.25) is 0 Å². The molecule has 0 fully saturated rings. The summed E-state index contributed by atoms with van der Waals surface area (Å²) >= 11 is 0. The third kappa shape index (κ3) is 10.9. The zero-order valence-corrected chi connectivity index (χ0v) is 19.7. The molecule has 2 aromatic rings. The van der Waals surface area contributed by atoms with E-state index >= 15 is 0 Å². The second-order valence-corrected chi connectivity index (χ2v) is 8.97. The van der Waals surface area contributed by atoms with Gasteiger partial charge in [-0.3, -0.25) is 9.97 Å². The van der Waals surface area contributed by atoms with Crippen LogP contribution in [0.4, 0.5) is 0 Å². The predicted octanol–water partition coefficient (Wildman–Crippen LogP) is 8.87. The highest BCUT2D eigenvalue weighted by Crippen LogP contribution is 2.18. The summed E-state index contributed by atoms with van der Waals surface area (Å²) < 4.78 is 0. The van der Waals surface area contributed by atoms with Crippen LogP contribution in [0, 0.1) is 6.92 Å². The normalized spacial score (nSPS) is 11.1. The van der Waals surface area contributed by atoms with Crippen LogP contribution in [0.15, 0.2) is 36.7 Å². The molecule has 0 amide bonds. The van der Waals surface area contributed by atoms with Crippen LogP contribution in [0.5, 0.6) is 0 Å². The van der Waals surface area contributed by atoms with E-state index in [4.69, 9.17) is 0 Å². The molecule has 2 nitrogen and oxygen atoms in total. The van der Waals surface area contributed by atoms with Crippen molar-refractivity contribution in [2.24, 2.45) is 0 Å². The Morgan fingerprint density at radius 1 is 0.567 bits per heavy atom. The lowest BCUT2D eigenvalue weighted by atomic mass is 10.0. The van der Waals surface area contributed by atoms with Gasteiger partial charge in [-0.1, -0.05) is 96.8 Å². The monoisotopic (exact) mass is 408 g/mol. The first-order chi connectivity index (χ1) is 14.8. The number of hydrogen-bond donors (Lipinski definition) is 0. The van der Waals surface area contributed by atoms with Gasteiger partial charge in [0.2, 0.25) is 0 Å². The topological polar surface area (TPSA) is 25.8 Å². The van der Waals surface area contributed by atoms with Gasteiger partial charge in [0, 0.05) is 12.4 Å². The van der Waals surface area contributed by atoms with E-state index in [1.807, 2.05) is 18.5 Å². The fourth-order valence-corrected chi connectivity index (χ4v) is 4.15. The van der Waals surface area contributed by atoms with Crippen molar-refractivity contribution in [3.8, 4) is 11.4 Å². The second kappa shape index (κ2) is 16.1. The van der Waals surface area contributed by atoms with Gasteiger partial charge in [0.05, 0.1) is 11.4 Å². The summed E-state index contributed by atoms with van der Waals surface area (Å²) in [5.41, 5.74) is 4.60. The second-order valence-electron chi connectivity index (χ2n) is 8.97. The number of rotatable bonds is 17. The van der Waals surface area contributed by atoms with E-state index < -0.39 is 0 Å². The zero-order valence-electron chi connectivity index (χ0n) is 19.7. The highest BCUT2D eigenvalue weighted by atomic mass is 14.8. The van der Waals surface area contributed by atoms with Gasteiger partial charge in [-0.25, -0.2) is 0 Å². The first-order valence-electron chi connectivity index (χ1n) is 12.7. The van der Waals surface area contributed by atoms with Crippen molar-refractivity contribution < 1.29 is 0 Å². The molecule has 2 heteroatoms. The first-order valence-corrected chi connectivity index (χ1v) is 12.7. The standard InChI is InChI=1S/C28H44N2/c1-3-4-5-6-7-8-9-10-11-12-13-14-15-16-17-18-26-20-22-30-28(24-26)27-23-25(2)19-21-29-27/h19-24H,3-18H2,1-2H3. The van der Waals surface area contributed by atoms with Crippen LogP contribution in [-0.4, -0.2) is 9.97 Å².